The molecule has 0 unspecified atom stereocenters. The van der Waals surface area contributed by atoms with Crippen LogP contribution in [0.3, 0.4) is 0 Å². The number of carbonyl (C=O) groups excluding carboxylic acids is 1. The van der Waals surface area contributed by atoms with Gasteiger partial charge in [-0.1, -0.05) is 34.6 Å². The van der Waals surface area contributed by atoms with Gasteiger partial charge in [0.05, 0.1) is 18.1 Å². The molecule has 0 aliphatic heterocycles. The molecule has 122 valence electrons. The summed E-state index contributed by atoms with van der Waals surface area (Å²) in [6.07, 6.45) is 2.02. The molecular weight excluding hydrogens is 266 g/mol. The number of hydrogen-bond donors (Lipinski definition) is 2. The predicted octanol–water partition coefficient (Wildman–Crippen LogP) is 2.35. The van der Waals surface area contributed by atoms with Crippen molar-refractivity contribution >= 4 is 5.91 Å². The maximum atomic E-state index is 12.9. The van der Waals surface area contributed by atoms with Crippen LogP contribution in [0, 0.1) is 21.7 Å². The molecule has 4 nitrogen and oxygen atoms in total. The van der Waals surface area contributed by atoms with Gasteiger partial charge in [0, 0.05) is 19.1 Å². The van der Waals surface area contributed by atoms with E-state index < -0.39 is 5.41 Å². The first kappa shape index (κ1) is 16.8. The molecule has 2 aliphatic carbocycles. The first-order chi connectivity index (χ1) is 9.52. The molecule has 2 rings (SSSR count). The third-order valence-electron chi connectivity index (χ3n) is 6.67. The van der Waals surface area contributed by atoms with Crippen molar-refractivity contribution in [1.82, 2.24) is 5.32 Å². The summed E-state index contributed by atoms with van der Waals surface area (Å²) in [5.74, 6) is 0.108. The van der Waals surface area contributed by atoms with Crippen molar-refractivity contribution in [3.05, 3.63) is 0 Å². The fourth-order valence-corrected chi connectivity index (χ4v) is 4.56. The Hall–Kier alpha value is -0.610. The van der Waals surface area contributed by atoms with E-state index in [4.69, 9.17) is 4.74 Å². The number of fused-ring (bicyclic) bond motifs is 2. The summed E-state index contributed by atoms with van der Waals surface area (Å²) in [6.45, 7) is 11.8. The minimum Gasteiger partial charge on any atom is -0.393 e. The Morgan fingerprint density at radius 3 is 2.38 bits per heavy atom. The highest BCUT2D eigenvalue weighted by Crippen LogP contribution is 2.72. The highest BCUT2D eigenvalue weighted by Gasteiger charge is 2.72. The van der Waals surface area contributed by atoms with Crippen LogP contribution in [-0.2, 0) is 9.53 Å². The molecule has 0 aromatic rings. The molecule has 0 radical (unpaired) electrons. The zero-order valence-electron chi connectivity index (χ0n) is 14.4. The molecule has 0 saturated heterocycles. The van der Waals surface area contributed by atoms with Crippen LogP contribution in [0.5, 0.6) is 0 Å². The van der Waals surface area contributed by atoms with Crippen LogP contribution in [-0.4, -0.2) is 37.4 Å². The molecule has 4 heteroatoms. The molecule has 3 atom stereocenters. The summed E-state index contributed by atoms with van der Waals surface area (Å²) in [7, 11) is 1.68. The number of hydrogen-bond acceptors (Lipinski definition) is 3. The Labute approximate surface area is 128 Å². The van der Waals surface area contributed by atoms with Crippen molar-refractivity contribution < 1.29 is 14.6 Å². The molecule has 0 aromatic heterocycles. The van der Waals surface area contributed by atoms with Crippen LogP contribution < -0.4 is 5.32 Å². The smallest absolute Gasteiger partial charge is 0.226 e. The second kappa shape index (κ2) is 4.95. The normalized spacial score (nSPS) is 37.8. The number of rotatable bonds is 5. The zero-order chi connectivity index (χ0) is 16.1. The number of ether oxygens (including phenoxy) is 1. The van der Waals surface area contributed by atoms with Crippen molar-refractivity contribution in [2.24, 2.45) is 21.7 Å². The van der Waals surface area contributed by atoms with Crippen molar-refractivity contribution in [2.75, 3.05) is 20.3 Å². The lowest BCUT2D eigenvalue weighted by molar-refractivity contribution is -0.136. The van der Waals surface area contributed by atoms with Gasteiger partial charge in [-0.15, -0.1) is 0 Å². The maximum absolute atomic E-state index is 12.9. The minimum absolute atomic E-state index is 0.0790. The van der Waals surface area contributed by atoms with Crippen molar-refractivity contribution in [1.29, 1.82) is 0 Å². The van der Waals surface area contributed by atoms with Gasteiger partial charge in [-0.05, 0) is 30.1 Å². The van der Waals surface area contributed by atoms with Gasteiger partial charge in [0.25, 0.3) is 0 Å². The third kappa shape index (κ3) is 2.22. The van der Waals surface area contributed by atoms with Crippen molar-refractivity contribution in [3.63, 3.8) is 0 Å². The lowest BCUT2D eigenvalue weighted by Gasteiger charge is -2.40. The summed E-state index contributed by atoms with van der Waals surface area (Å²) in [6, 6.07) is 0. The molecule has 2 bridgehead atoms. The average molecular weight is 297 g/mol. The third-order valence-corrected chi connectivity index (χ3v) is 6.67. The summed E-state index contributed by atoms with van der Waals surface area (Å²) in [5.41, 5.74) is -0.823. The second-order valence-electron chi connectivity index (χ2n) is 8.62. The largest absolute Gasteiger partial charge is 0.393 e. The first-order valence-electron chi connectivity index (χ1n) is 7.98. The van der Waals surface area contributed by atoms with Crippen molar-refractivity contribution in [3.8, 4) is 0 Å². The molecule has 0 aromatic carbocycles. The molecule has 2 N–H and O–H groups in total. The maximum Gasteiger partial charge on any atom is 0.226 e. The van der Waals surface area contributed by atoms with Gasteiger partial charge in [-0.2, -0.15) is 0 Å². The van der Waals surface area contributed by atoms with E-state index in [-0.39, 0.29) is 28.3 Å². The van der Waals surface area contributed by atoms with Gasteiger partial charge in [-0.3, -0.25) is 4.79 Å². The van der Waals surface area contributed by atoms with E-state index in [0.29, 0.717) is 19.6 Å². The van der Waals surface area contributed by atoms with Gasteiger partial charge in [-0.25, -0.2) is 0 Å². The lowest BCUT2D eigenvalue weighted by atomic mass is 9.64. The average Bonchev–Trinajstić information content (AvgIpc) is 2.66. The van der Waals surface area contributed by atoms with E-state index in [1.807, 2.05) is 0 Å². The van der Waals surface area contributed by atoms with Crippen LogP contribution in [0.25, 0.3) is 0 Å². The van der Waals surface area contributed by atoms with Gasteiger partial charge in [0.15, 0.2) is 0 Å². The van der Waals surface area contributed by atoms with Crippen molar-refractivity contribution in [2.45, 2.75) is 60.0 Å². The molecule has 2 fully saturated rings. The minimum atomic E-state index is -0.426. The number of amides is 1. The summed E-state index contributed by atoms with van der Waals surface area (Å²) in [4.78, 5) is 12.9. The lowest BCUT2D eigenvalue weighted by Crippen LogP contribution is -2.49. The molecule has 0 spiro atoms. The van der Waals surface area contributed by atoms with Crippen LogP contribution >= 0.6 is 0 Å². The number of methoxy groups -OCH3 is 1. The highest BCUT2D eigenvalue weighted by molar-refractivity contribution is 5.85. The second-order valence-corrected chi connectivity index (χ2v) is 8.62. The highest BCUT2D eigenvalue weighted by atomic mass is 16.5. The molecule has 2 aliphatic rings. The van der Waals surface area contributed by atoms with Crippen LogP contribution in [0.15, 0.2) is 0 Å². The molecule has 1 amide bonds. The van der Waals surface area contributed by atoms with E-state index in [1.54, 1.807) is 7.11 Å². The van der Waals surface area contributed by atoms with E-state index >= 15 is 0 Å². The van der Waals surface area contributed by atoms with Crippen LogP contribution in [0.4, 0.5) is 0 Å². The van der Waals surface area contributed by atoms with E-state index in [2.05, 4.69) is 39.9 Å². The predicted molar refractivity (Wildman–Crippen MR) is 82.8 cm³/mol. The number of carbonyl (C=O) groups is 1. The Kier molecular flexibility index (Phi) is 3.95. The Morgan fingerprint density at radius 2 is 1.95 bits per heavy atom. The van der Waals surface area contributed by atoms with Crippen LogP contribution in [0.2, 0.25) is 0 Å². The monoisotopic (exact) mass is 297 g/mol. The molecular formula is C17H31NO3. The van der Waals surface area contributed by atoms with E-state index in [9.17, 15) is 9.90 Å². The topological polar surface area (TPSA) is 58.6 Å². The SMILES string of the molecule is COCC(C)(C)CNC(=O)[C@]12CC[C@](C)([C@@H](O)C1)C2(C)C. The fraction of sp³-hybridized carbons (Fsp3) is 0.941. The van der Waals surface area contributed by atoms with E-state index in [1.165, 1.54) is 0 Å². The number of aliphatic hydroxyl groups is 1. The summed E-state index contributed by atoms with van der Waals surface area (Å²) >= 11 is 0. The first-order valence-corrected chi connectivity index (χ1v) is 7.98. The zero-order valence-corrected chi connectivity index (χ0v) is 14.4. The summed E-state index contributed by atoms with van der Waals surface area (Å²) < 4.78 is 5.21. The molecule has 21 heavy (non-hydrogen) atoms. The molecule has 0 heterocycles. The number of aliphatic hydroxyl groups excluding tert-OH is 1. The quantitative estimate of drug-likeness (QED) is 0.819. The van der Waals surface area contributed by atoms with Gasteiger partial charge >= 0.3 is 0 Å². The Morgan fingerprint density at radius 1 is 1.33 bits per heavy atom. The molecule has 2 saturated carbocycles. The van der Waals surface area contributed by atoms with E-state index in [0.717, 1.165) is 12.8 Å². The summed E-state index contributed by atoms with van der Waals surface area (Å²) in [5, 5.41) is 13.6. The number of nitrogens with one attached hydrogen (secondary N) is 1. The van der Waals surface area contributed by atoms with Gasteiger partial charge in [0.2, 0.25) is 5.91 Å². The fourth-order valence-electron chi connectivity index (χ4n) is 4.56. The Balaban J connectivity index is 2.13. The standard InChI is InChI=1S/C17H31NO3/c1-14(2,11-21-6)10-18-13(20)17-8-7-16(5,12(19)9-17)15(17,3)4/h12,19H,7-11H2,1-6H3,(H,18,20)/t12-,16+,17-/m0/s1. The van der Waals surface area contributed by atoms with Gasteiger partial charge in [0.1, 0.15) is 0 Å². The Bertz CT molecular complexity index is 432. The van der Waals surface area contributed by atoms with Crippen LogP contribution in [0.1, 0.15) is 53.9 Å². The van der Waals surface area contributed by atoms with Gasteiger partial charge < -0.3 is 15.2 Å².